The van der Waals surface area contributed by atoms with Gasteiger partial charge in [-0.05, 0) is 0 Å². The molecule has 0 saturated carbocycles. The predicted molar refractivity (Wildman–Crippen MR) is 120 cm³/mol. The second-order valence-electron chi connectivity index (χ2n) is 5.74. The zero-order valence-electron chi connectivity index (χ0n) is 17.4. The van der Waals surface area contributed by atoms with Gasteiger partial charge in [-0.3, -0.25) is 0 Å². The Bertz CT molecular complexity index is 1270. The average Bonchev–Trinajstić information content (AvgIpc) is 2.76. The summed E-state index contributed by atoms with van der Waals surface area (Å²) < 4.78 is 8.36. The fourth-order valence-electron chi connectivity index (χ4n) is 3.04. The molecule has 0 aromatic heterocycles. The molecule has 0 atom stereocenters. The number of fused-ring (bicyclic) bond motifs is 2. The van der Waals surface area contributed by atoms with Gasteiger partial charge in [-0.25, -0.2) is 0 Å². The first-order valence-corrected chi connectivity index (χ1v) is 12.3. The summed E-state index contributed by atoms with van der Waals surface area (Å²) >= 11 is 7.08. The van der Waals surface area contributed by atoms with Crippen LogP contribution in [0.1, 0.15) is 5.56 Å². The zero-order chi connectivity index (χ0) is 22.4. The van der Waals surface area contributed by atoms with Crippen molar-refractivity contribution in [2.45, 2.75) is 0 Å². The quantitative estimate of drug-likeness (QED) is 0.128. The number of carbonyl (C=O) groups excluding carboxylic acids is 1. The van der Waals surface area contributed by atoms with E-state index in [1.807, 2.05) is 24.5 Å². The summed E-state index contributed by atoms with van der Waals surface area (Å²) in [4.78, 5) is 51.6. The molecule has 0 unspecified atom stereocenters. The number of halogens is 2. The molecule has 8 nitrogen and oxygen atoms in total. The summed E-state index contributed by atoms with van der Waals surface area (Å²) in [6.45, 7) is 0. The van der Waals surface area contributed by atoms with Crippen molar-refractivity contribution in [3.8, 4) is 22.5 Å². The Morgan fingerprint density at radius 2 is 1.55 bits per heavy atom. The van der Waals surface area contributed by atoms with Crippen LogP contribution in [-0.4, -0.2) is 11.8 Å². The van der Waals surface area contributed by atoms with Crippen molar-refractivity contribution in [3.63, 3.8) is 0 Å². The Kier molecular flexibility index (Phi) is 17.5. The molecule has 33 heavy (non-hydrogen) atoms. The standard InChI is InChI=1S/C20H7Br2O3.Hg.2Na.2O2.H2O/c21-12-5-6-18-14(7-12)20(13-4-2-1-3-11(13)10-23)15-8-16(22)17(24)9-19(15)25-18;;;;2*1-2;/h1-4,7-9H;;;;;;1H2/q-2;;2*+1;;;. The molecule has 13 heteroatoms. The molecule has 2 aromatic carbocycles. The van der Waals surface area contributed by atoms with Crippen LogP contribution in [0.5, 0.6) is 0 Å². The molecule has 1 heterocycles. The van der Waals surface area contributed by atoms with Gasteiger partial charge in [0, 0.05) is 19.9 Å². The predicted octanol–water partition coefficient (Wildman–Crippen LogP) is -2.16. The van der Waals surface area contributed by atoms with Gasteiger partial charge < -0.3 is 5.48 Å². The molecule has 0 spiro atoms. The molecule has 1 aliphatic heterocycles. The van der Waals surface area contributed by atoms with Gasteiger partial charge in [0.25, 0.3) is 0 Å². The average molecular weight is 784 g/mol. The number of hydrogen-bond donors (Lipinski definition) is 0. The summed E-state index contributed by atoms with van der Waals surface area (Å²) in [6, 6.07) is 15.7. The molecule has 0 fully saturated rings. The van der Waals surface area contributed by atoms with Crippen LogP contribution in [0.3, 0.4) is 0 Å². The van der Waals surface area contributed by atoms with Crippen molar-refractivity contribution in [2.24, 2.45) is 0 Å². The van der Waals surface area contributed by atoms with Crippen LogP contribution in [0.15, 0.2) is 60.6 Å². The van der Waals surface area contributed by atoms with Crippen LogP contribution in [0.25, 0.3) is 33.4 Å². The molecule has 2 aromatic rings. The maximum atomic E-state index is 12.1. The number of rotatable bonds is 2. The van der Waals surface area contributed by atoms with Crippen molar-refractivity contribution in [3.05, 3.63) is 93.1 Å². The van der Waals surface area contributed by atoms with E-state index in [4.69, 9.17) is 24.3 Å². The normalized spacial score (nSPS) is 9.09. The smallest absolute Gasteiger partial charge is 1.00 e. The minimum atomic E-state index is -0.150. The van der Waals surface area contributed by atoms with Gasteiger partial charge in [-0.15, -0.1) is 0 Å². The third-order valence-electron chi connectivity index (χ3n) is 4.15. The summed E-state index contributed by atoms with van der Waals surface area (Å²) in [6.07, 6.45) is 2.02. The van der Waals surface area contributed by atoms with Crippen LogP contribution in [-0.2, 0) is 30.9 Å². The summed E-state index contributed by atoms with van der Waals surface area (Å²) in [5, 5.41) is 0.876. The van der Waals surface area contributed by atoms with Crippen LogP contribution in [0, 0.1) is 25.9 Å². The molecule has 2 aliphatic rings. The SMILES string of the molecule is O.O=O.O=O.O=[C-]c1ccccc1-c1c2cc(Br)c(=O)cc-2oc2[c]([Hg])[c-]c(Br)cc12.[Na+].[Na+]. The van der Waals surface area contributed by atoms with Crippen molar-refractivity contribution in [1.29, 1.82) is 0 Å². The van der Waals surface area contributed by atoms with Crippen LogP contribution in [0.2, 0.25) is 0 Å². The number of benzene rings is 3. The summed E-state index contributed by atoms with van der Waals surface area (Å²) in [7, 11) is 0. The zero-order valence-corrected chi connectivity index (χ0v) is 30.0. The fraction of sp³-hybridized carbons (Fsp3) is 0. The first kappa shape index (κ1) is 35.0. The second kappa shape index (κ2) is 16.5. The maximum Gasteiger partial charge on any atom is 1.00 e. The van der Waals surface area contributed by atoms with Gasteiger partial charge in [0.05, 0.1) is 0 Å². The van der Waals surface area contributed by atoms with Gasteiger partial charge in [-0.1, -0.05) is 0 Å². The Hall–Kier alpha value is -0.145. The van der Waals surface area contributed by atoms with E-state index in [0.29, 0.717) is 21.4 Å². The molecule has 0 radical (unpaired) electrons. The van der Waals surface area contributed by atoms with Gasteiger partial charge in [0.1, 0.15) is 0 Å². The first-order valence-electron chi connectivity index (χ1n) is 7.94. The molecular weight excluding hydrogens is 775 g/mol. The van der Waals surface area contributed by atoms with Crippen molar-refractivity contribution in [1.82, 2.24) is 0 Å². The van der Waals surface area contributed by atoms with Crippen LogP contribution in [0.4, 0.5) is 0 Å². The molecule has 1 aliphatic carbocycles. The monoisotopic (exact) mass is 783 g/mol. The minimum Gasteiger partial charge on any atom is 1.00 e. The van der Waals surface area contributed by atoms with Crippen LogP contribution >= 0.6 is 31.9 Å². The Morgan fingerprint density at radius 1 is 0.939 bits per heavy atom. The Labute approximate surface area is 264 Å². The van der Waals surface area contributed by atoms with E-state index in [-0.39, 0.29) is 96.1 Å². The van der Waals surface area contributed by atoms with Crippen molar-refractivity contribution in [2.75, 3.05) is 0 Å². The van der Waals surface area contributed by atoms with E-state index in [1.54, 1.807) is 18.2 Å². The second-order valence-corrected chi connectivity index (χ2v) is 10.2. The fourth-order valence-corrected chi connectivity index (χ4v) is 6.62. The van der Waals surface area contributed by atoms with Crippen molar-refractivity contribution < 1.29 is 99.9 Å². The summed E-state index contributed by atoms with van der Waals surface area (Å²) in [5.41, 5.74) is 3.39. The van der Waals surface area contributed by atoms with E-state index in [1.165, 1.54) is 6.07 Å². The molecule has 0 amide bonds. The molecule has 0 bridgehead atoms. The van der Waals surface area contributed by atoms with E-state index >= 15 is 0 Å². The molecule has 0 saturated heterocycles. The Balaban J connectivity index is 0. The van der Waals surface area contributed by atoms with Gasteiger partial charge in [0.2, 0.25) is 0 Å². The van der Waals surface area contributed by atoms with Gasteiger partial charge >= 0.3 is 242 Å². The maximum absolute atomic E-state index is 12.1. The summed E-state index contributed by atoms with van der Waals surface area (Å²) in [5.74, 6) is 0.490. The largest absolute Gasteiger partial charge is 1.00 e. The minimum absolute atomic E-state index is 0. The molecule has 2 N–H and O–H groups in total. The first-order chi connectivity index (χ1) is 14.5. The topological polar surface area (TPSA) is 147 Å². The molecule has 155 valence electrons. The third-order valence-corrected chi connectivity index (χ3v) is 7.13. The number of hydrogen-bond acceptors (Lipinski definition) is 7. The van der Waals surface area contributed by atoms with E-state index in [2.05, 4.69) is 37.9 Å². The van der Waals surface area contributed by atoms with E-state index in [0.717, 1.165) is 29.6 Å². The van der Waals surface area contributed by atoms with Gasteiger partial charge in [0.15, 0.2) is 0 Å². The Morgan fingerprint density at radius 3 is 2.15 bits per heavy atom. The van der Waals surface area contributed by atoms with E-state index < -0.39 is 0 Å². The van der Waals surface area contributed by atoms with Crippen molar-refractivity contribution >= 4 is 52.2 Å². The van der Waals surface area contributed by atoms with E-state index in [9.17, 15) is 9.59 Å². The third kappa shape index (κ3) is 7.67. The van der Waals surface area contributed by atoms with Crippen LogP contribution < -0.4 is 67.6 Å². The van der Waals surface area contributed by atoms with Gasteiger partial charge in [-0.2, -0.15) is 0 Å². The molecular formula is C20H9Br2HgNa2O8. The molecule has 4 rings (SSSR count).